The molecule has 0 saturated carbocycles. The maximum Gasteiger partial charge on any atom is 0.0872 e. The van der Waals surface area contributed by atoms with Crippen LogP contribution in [0, 0.1) is 11.8 Å². The highest BCUT2D eigenvalue weighted by atomic mass is 15.5. The number of hydrogen-bond donors (Lipinski definition) is 0. The van der Waals surface area contributed by atoms with Crippen molar-refractivity contribution in [1.29, 1.82) is 0 Å². The molecule has 4 nitrogen and oxygen atoms in total. The quantitative estimate of drug-likeness (QED) is 0.155. The summed E-state index contributed by atoms with van der Waals surface area (Å²) in [7, 11) is 0. The molecule has 8 aromatic rings. The number of fused-ring (bicyclic) bond motifs is 3. The molecule has 0 radical (unpaired) electrons. The fourth-order valence-electron chi connectivity index (χ4n) is 10.4. The SMILES string of the molecule is c1ccc(C2=NN(c3ccccc3)C(c3ccccc3)C2C2(C3C(c4ccccc4)=NN(c4ccccc4)C3c3ccccc3)c3ccccc3-c3ccccc32)cc1. The molecule has 59 heavy (non-hydrogen) atoms. The summed E-state index contributed by atoms with van der Waals surface area (Å²) in [6.45, 7) is 0. The Morgan fingerprint density at radius 1 is 0.322 bits per heavy atom. The van der Waals surface area contributed by atoms with E-state index in [0.717, 1.165) is 33.9 Å². The van der Waals surface area contributed by atoms with Crippen LogP contribution in [0.25, 0.3) is 11.1 Å². The Labute approximate surface area is 346 Å². The van der Waals surface area contributed by atoms with Crippen molar-refractivity contribution in [3.8, 4) is 11.1 Å². The van der Waals surface area contributed by atoms with Crippen LogP contribution >= 0.6 is 0 Å². The van der Waals surface area contributed by atoms with Gasteiger partial charge in [-0.2, -0.15) is 10.2 Å². The van der Waals surface area contributed by atoms with Gasteiger partial charge in [0.25, 0.3) is 0 Å². The van der Waals surface area contributed by atoms with Crippen LogP contribution in [0.15, 0.2) is 241 Å². The van der Waals surface area contributed by atoms with Crippen molar-refractivity contribution < 1.29 is 0 Å². The average Bonchev–Trinajstić information content (AvgIpc) is 4.01. The molecule has 4 heteroatoms. The summed E-state index contributed by atoms with van der Waals surface area (Å²) < 4.78 is 0. The highest BCUT2D eigenvalue weighted by Crippen LogP contribution is 2.66. The predicted octanol–water partition coefficient (Wildman–Crippen LogP) is 12.5. The molecule has 282 valence electrons. The van der Waals surface area contributed by atoms with Gasteiger partial charge in [0.2, 0.25) is 0 Å². The number of anilines is 2. The van der Waals surface area contributed by atoms with E-state index in [2.05, 4.69) is 241 Å². The van der Waals surface area contributed by atoms with E-state index in [1.54, 1.807) is 0 Å². The zero-order valence-corrected chi connectivity index (χ0v) is 32.5. The highest BCUT2D eigenvalue weighted by molar-refractivity contribution is 6.11. The van der Waals surface area contributed by atoms with Crippen molar-refractivity contribution in [3.63, 3.8) is 0 Å². The Balaban J connectivity index is 1.31. The Kier molecular flexibility index (Phi) is 8.62. The number of para-hydroxylation sites is 2. The molecule has 1 aliphatic carbocycles. The van der Waals surface area contributed by atoms with E-state index < -0.39 is 5.41 Å². The molecule has 3 aliphatic rings. The summed E-state index contributed by atoms with van der Waals surface area (Å²) in [6, 6.07) is 83.3. The van der Waals surface area contributed by atoms with Crippen molar-refractivity contribution >= 4 is 22.8 Å². The molecule has 0 aromatic heterocycles. The molecule has 0 N–H and O–H groups in total. The van der Waals surface area contributed by atoms with Crippen molar-refractivity contribution in [2.75, 3.05) is 10.0 Å². The van der Waals surface area contributed by atoms with Gasteiger partial charge in [-0.1, -0.05) is 206 Å². The summed E-state index contributed by atoms with van der Waals surface area (Å²) in [5.74, 6) is -0.392. The highest BCUT2D eigenvalue weighted by Gasteiger charge is 2.65. The first-order valence-corrected chi connectivity index (χ1v) is 20.6. The smallest absolute Gasteiger partial charge is 0.0872 e. The zero-order valence-electron chi connectivity index (χ0n) is 32.5. The standard InChI is InChI=1S/C55H42N4/c1-7-23-39(24-8-1)51-49(53(41-27-11-3-12-28-41)58(56-51)43-31-15-5-16-32-43)55(47-37-21-19-35-45(47)46-36-20-22-38-48(46)55)50-52(40-25-9-2-10-26-40)57-59(44-33-17-6-18-34-44)54(50)42-29-13-4-14-30-42/h1-38,49-50,53-54H. The lowest BCUT2D eigenvalue weighted by atomic mass is 9.53. The monoisotopic (exact) mass is 758 g/mol. The fourth-order valence-corrected chi connectivity index (χ4v) is 10.4. The van der Waals surface area contributed by atoms with Gasteiger partial charge < -0.3 is 0 Å². The molecule has 0 saturated heterocycles. The second-order valence-corrected chi connectivity index (χ2v) is 15.7. The molecule has 0 bridgehead atoms. The summed E-state index contributed by atoms with van der Waals surface area (Å²) in [5.41, 5.74) is 13.3. The van der Waals surface area contributed by atoms with Crippen molar-refractivity contribution in [2.45, 2.75) is 17.5 Å². The maximum absolute atomic E-state index is 5.84. The molecular formula is C55H42N4. The van der Waals surface area contributed by atoms with Crippen molar-refractivity contribution in [3.05, 3.63) is 264 Å². The van der Waals surface area contributed by atoms with Gasteiger partial charge in [0.1, 0.15) is 0 Å². The van der Waals surface area contributed by atoms with Crippen LogP contribution in [0.1, 0.15) is 45.5 Å². The number of hydrazone groups is 2. The summed E-state index contributed by atoms with van der Waals surface area (Å²) in [5, 5.41) is 16.3. The molecule has 0 fully saturated rings. The minimum absolute atomic E-state index is 0.188. The molecule has 2 heterocycles. The van der Waals surface area contributed by atoms with Gasteiger partial charge in [0.15, 0.2) is 0 Å². The van der Waals surface area contributed by atoms with E-state index in [-0.39, 0.29) is 23.9 Å². The number of nitrogens with zero attached hydrogens (tertiary/aromatic N) is 4. The first kappa shape index (κ1) is 34.9. The first-order chi connectivity index (χ1) is 29.3. The molecule has 11 rings (SSSR count). The van der Waals surface area contributed by atoms with Crippen LogP contribution in [-0.2, 0) is 5.41 Å². The second kappa shape index (κ2) is 14.6. The normalized spacial score (nSPS) is 20.1. The Morgan fingerprint density at radius 3 is 1.00 bits per heavy atom. The van der Waals surface area contributed by atoms with Crippen LogP contribution in [0.5, 0.6) is 0 Å². The predicted molar refractivity (Wildman–Crippen MR) is 242 cm³/mol. The number of benzene rings is 8. The van der Waals surface area contributed by atoms with Crippen molar-refractivity contribution in [2.24, 2.45) is 22.0 Å². The summed E-state index contributed by atoms with van der Waals surface area (Å²) >= 11 is 0. The van der Waals surface area contributed by atoms with E-state index in [1.165, 1.54) is 33.4 Å². The molecule has 8 aromatic carbocycles. The lowest BCUT2D eigenvalue weighted by molar-refractivity contribution is 0.276. The summed E-state index contributed by atoms with van der Waals surface area (Å²) in [4.78, 5) is 0. The number of hydrogen-bond acceptors (Lipinski definition) is 4. The third-order valence-electron chi connectivity index (χ3n) is 12.7. The Bertz CT molecular complexity index is 2590. The third kappa shape index (κ3) is 5.59. The topological polar surface area (TPSA) is 31.2 Å². The van der Waals surface area contributed by atoms with Crippen LogP contribution in [0.3, 0.4) is 0 Å². The third-order valence-corrected chi connectivity index (χ3v) is 12.7. The van der Waals surface area contributed by atoms with Crippen LogP contribution in [-0.4, -0.2) is 11.4 Å². The first-order valence-electron chi connectivity index (χ1n) is 20.6. The molecule has 4 unspecified atom stereocenters. The van der Waals surface area contributed by atoms with Gasteiger partial charge in [-0.25, -0.2) is 0 Å². The molecular weight excluding hydrogens is 717 g/mol. The number of rotatable bonds is 8. The minimum Gasteiger partial charge on any atom is -0.257 e. The zero-order chi connectivity index (χ0) is 39.2. The Morgan fingerprint density at radius 2 is 0.627 bits per heavy atom. The van der Waals surface area contributed by atoms with Gasteiger partial charge >= 0.3 is 0 Å². The fraction of sp³-hybridized carbons (Fsp3) is 0.0909. The van der Waals surface area contributed by atoms with Crippen LogP contribution in [0.4, 0.5) is 11.4 Å². The van der Waals surface area contributed by atoms with Gasteiger partial charge in [0.05, 0.1) is 34.9 Å². The van der Waals surface area contributed by atoms with Crippen LogP contribution in [0.2, 0.25) is 0 Å². The van der Waals surface area contributed by atoms with E-state index >= 15 is 0 Å². The molecule has 4 atom stereocenters. The van der Waals surface area contributed by atoms with Crippen LogP contribution < -0.4 is 10.0 Å². The summed E-state index contributed by atoms with van der Waals surface area (Å²) in [6.07, 6.45) is 0. The Hall–Kier alpha value is -7.30. The average molecular weight is 759 g/mol. The minimum atomic E-state index is -0.704. The second-order valence-electron chi connectivity index (χ2n) is 15.7. The van der Waals surface area contributed by atoms with Gasteiger partial charge in [-0.15, -0.1) is 0 Å². The van der Waals surface area contributed by atoms with E-state index in [9.17, 15) is 0 Å². The molecule has 2 aliphatic heterocycles. The van der Waals surface area contributed by atoms with Gasteiger partial charge in [-0.3, -0.25) is 10.0 Å². The molecule has 0 spiro atoms. The lowest BCUT2D eigenvalue weighted by Gasteiger charge is -2.49. The maximum atomic E-state index is 5.84. The van der Waals surface area contributed by atoms with E-state index in [1.807, 2.05) is 0 Å². The van der Waals surface area contributed by atoms with E-state index in [0.29, 0.717) is 0 Å². The molecule has 0 amide bonds. The van der Waals surface area contributed by atoms with E-state index in [4.69, 9.17) is 10.2 Å². The largest absolute Gasteiger partial charge is 0.257 e. The lowest BCUT2D eigenvalue weighted by Crippen LogP contribution is -2.52. The van der Waals surface area contributed by atoms with Gasteiger partial charge in [-0.05, 0) is 68.8 Å². The van der Waals surface area contributed by atoms with Crippen molar-refractivity contribution in [1.82, 2.24) is 0 Å². The van der Waals surface area contributed by atoms with Gasteiger partial charge in [0, 0.05) is 17.3 Å².